The highest BCUT2D eigenvalue weighted by Gasteiger charge is 2.38. The van der Waals surface area contributed by atoms with E-state index in [1.807, 2.05) is 18.2 Å². The predicted octanol–water partition coefficient (Wildman–Crippen LogP) is 4.04. The molecule has 1 amide bonds. The van der Waals surface area contributed by atoms with Crippen LogP contribution in [-0.4, -0.2) is 34.2 Å². The average Bonchev–Trinajstić information content (AvgIpc) is 2.96. The number of halogens is 4. The van der Waals surface area contributed by atoms with E-state index in [1.54, 1.807) is 0 Å². The van der Waals surface area contributed by atoms with Gasteiger partial charge in [0.05, 0.1) is 10.2 Å². The second-order valence-electron chi connectivity index (χ2n) is 6.03. The number of carboxylic acids is 1. The van der Waals surface area contributed by atoms with Crippen molar-refractivity contribution in [2.75, 3.05) is 5.32 Å². The van der Waals surface area contributed by atoms with Crippen molar-refractivity contribution in [2.24, 2.45) is 11.7 Å². The molecule has 27 heavy (non-hydrogen) atoms. The van der Waals surface area contributed by atoms with Gasteiger partial charge in [-0.05, 0) is 43.9 Å². The maximum absolute atomic E-state index is 12.2. The lowest BCUT2D eigenvalue weighted by Gasteiger charge is -2.24. The maximum Gasteiger partial charge on any atom is 0.490 e. The number of nitrogens with two attached hydrogens (primary N) is 1. The second kappa shape index (κ2) is 8.85. The van der Waals surface area contributed by atoms with E-state index in [9.17, 15) is 18.0 Å². The fourth-order valence-corrected chi connectivity index (χ4v) is 3.56. The molecule has 148 valence electrons. The highest BCUT2D eigenvalue weighted by Crippen LogP contribution is 2.30. The number of aliphatic carboxylic acids is 1. The Labute approximate surface area is 161 Å². The SMILES string of the molecule is NC1CCC(C(=O)Nc2nc3cc(Cl)ccc3s2)CC1.O=C(O)C(F)(F)F. The largest absolute Gasteiger partial charge is 0.490 e. The second-order valence-corrected chi connectivity index (χ2v) is 7.50. The first-order valence-corrected chi connectivity index (χ1v) is 9.18. The summed E-state index contributed by atoms with van der Waals surface area (Å²) in [5.41, 5.74) is 6.68. The number of carboxylic acid groups (broad SMARTS) is 1. The van der Waals surface area contributed by atoms with Crippen molar-refractivity contribution in [2.45, 2.75) is 37.9 Å². The van der Waals surface area contributed by atoms with Gasteiger partial charge in [0, 0.05) is 17.0 Å². The molecule has 1 saturated carbocycles. The summed E-state index contributed by atoms with van der Waals surface area (Å²) in [7, 11) is 0. The van der Waals surface area contributed by atoms with Crippen molar-refractivity contribution in [1.82, 2.24) is 4.98 Å². The summed E-state index contributed by atoms with van der Waals surface area (Å²) in [6.45, 7) is 0. The third-order valence-electron chi connectivity index (χ3n) is 3.96. The smallest absolute Gasteiger partial charge is 0.475 e. The summed E-state index contributed by atoms with van der Waals surface area (Å²) < 4.78 is 32.8. The molecule has 1 aliphatic carbocycles. The minimum Gasteiger partial charge on any atom is -0.475 e. The molecular weight excluding hydrogens is 407 g/mol. The molecule has 1 aliphatic rings. The molecule has 0 unspecified atom stereocenters. The first-order chi connectivity index (χ1) is 12.6. The van der Waals surface area contributed by atoms with E-state index < -0.39 is 12.1 Å². The third kappa shape index (κ3) is 6.33. The molecule has 1 aromatic carbocycles. The van der Waals surface area contributed by atoms with E-state index in [2.05, 4.69) is 10.3 Å². The van der Waals surface area contributed by atoms with Crippen LogP contribution in [0.25, 0.3) is 10.2 Å². The number of carbonyl (C=O) groups excluding carboxylic acids is 1. The Morgan fingerprint density at radius 2 is 1.85 bits per heavy atom. The lowest BCUT2D eigenvalue weighted by Crippen LogP contribution is -2.32. The van der Waals surface area contributed by atoms with E-state index >= 15 is 0 Å². The van der Waals surface area contributed by atoms with Crippen LogP contribution in [0.4, 0.5) is 18.3 Å². The molecule has 0 saturated heterocycles. The fourth-order valence-electron chi connectivity index (χ4n) is 2.54. The number of hydrogen-bond acceptors (Lipinski definition) is 5. The number of fused-ring (bicyclic) bond motifs is 1. The molecule has 0 aliphatic heterocycles. The molecule has 0 spiro atoms. The molecule has 6 nitrogen and oxygen atoms in total. The van der Waals surface area contributed by atoms with E-state index in [1.165, 1.54) is 11.3 Å². The van der Waals surface area contributed by atoms with Crippen molar-refractivity contribution in [3.63, 3.8) is 0 Å². The molecule has 1 heterocycles. The summed E-state index contributed by atoms with van der Waals surface area (Å²) in [6, 6.07) is 5.81. The average molecular weight is 424 g/mol. The number of nitrogens with one attached hydrogen (secondary N) is 1. The van der Waals surface area contributed by atoms with Crippen LogP contribution in [0.2, 0.25) is 5.02 Å². The van der Waals surface area contributed by atoms with Crippen molar-refractivity contribution in [3.8, 4) is 0 Å². The minimum atomic E-state index is -5.08. The van der Waals surface area contributed by atoms with E-state index in [0.29, 0.717) is 10.2 Å². The molecule has 1 aromatic heterocycles. The number of amides is 1. The number of rotatable bonds is 2. The molecule has 4 N–H and O–H groups in total. The Morgan fingerprint density at radius 3 is 2.41 bits per heavy atom. The first kappa shape index (κ1) is 21.4. The summed E-state index contributed by atoms with van der Waals surface area (Å²) in [4.78, 5) is 25.5. The van der Waals surface area contributed by atoms with Gasteiger partial charge in [-0.1, -0.05) is 22.9 Å². The molecule has 0 bridgehead atoms. The molecule has 3 rings (SSSR count). The maximum atomic E-state index is 12.2. The van der Waals surface area contributed by atoms with E-state index in [-0.39, 0.29) is 17.9 Å². The molecular formula is C16H17ClF3N3O3S. The van der Waals surface area contributed by atoms with Crippen molar-refractivity contribution in [1.29, 1.82) is 0 Å². The van der Waals surface area contributed by atoms with Crippen molar-refractivity contribution in [3.05, 3.63) is 23.2 Å². The molecule has 2 aromatic rings. The van der Waals surface area contributed by atoms with Gasteiger partial charge in [-0.3, -0.25) is 4.79 Å². The highest BCUT2D eigenvalue weighted by atomic mass is 35.5. The summed E-state index contributed by atoms with van der Waals surface area (Å²) in [6.07, 6.45) is -1.51. The third-order valence-corrected chi connectivity index (χ3v) is 5.15. The number of anilines is 1. The monoisotopic (exact) mass is 423 g/mol. The lowest BCUT2D eigenvalue weighted by molar-refractivity contribution is -0.192. The molecule has 0 atom stereocenters. The van der Waals surface area contributed by atoms with Crippen LogP contribution in [0.15, 0.2) is 18.2 Å². The van der Waals surface area contributed by atoms with Gasteiger partial charge in [-0.15, -0.1) is 0 Å². The topological polar surface area (TPSA) is 105 Å². The van der Waals surface area contributed by atoms with Crippen LogP contribution in [-0.2, 0) is 9.59 Å². The Balaban J connectivity index is 0.000000321. The van der Waals surface area contributed by atoms with Gasteiger partial charge < -0.3 is 16.2 Å². The Morgan fingerprint density at radius 1 is 1.26 bits per heavy atom. The van der Waals surface area contributed by atoms with Gasteiger partial charge in [-0.2, -0.15) is 13.2 Å². The van der Waals surface area contributed by atoms with Crippen LogP contribution in [0, 0.1) is 5.92 Å². The Bertz CT molecular complexity index is 820. The number of nitrogens with zero attached hydrogens (tertiary/aromatic N) is 1. The van der Waals surface area contributed by atoms with Crippen LogP contribution in [0.3, 0.4) is 0 Å². The van der Waals surface area contributed by atoms with Crippen LogP contribution < -0.4 is 11.1 Å². The van der Waals surface area contributed by atoms with Crippen molar-refractivity contribution >= 4 is 50.2 Å². The quantitative estimate of drug-likeness (QED) is 0.676. The van der Waals surface area contributed by atoms with Gasteiger partial charge >= 0.3 is 12.1 Å². The fraction of sp³-hybridized carbons (Fsp3) is 0.438. The van der Waals surface area contributed by atoms with Gasteiger partial charge in [-0.25, -0.2) is 9.78 Å². The van der Waals surface area contributed by atoms with Crippen LogP contribution in [0.5, 0.6) is 0 Å². The number of alkyl halides is 3. The number of carbonyl (C=O) groups is 2. The van der Waals surface area contributed by atoms with Gasteiger partial charge in [0.2, 0.25) is 5.91 Å². The zero-order valence-corrected chi connectivity index (χ0v) is 15.5. The number of thiazole rings is 1. The Kier molecular flexibility index (Phi) is 7.01. The number of benzene rings is 1. The summed E-state index contributed by atoms with van der Waals surface area (Å²) in [5.74, 6) is -2.64. The molecule has 11 heteroatoms. The van der Waals surface area contributed by atoms with Gasteiger partial charge in [0.1, 0.15) is 0 Å². The van der Waals surface area contributed by atoms with Gasteiger partial charge in [0.15, 0.2) is 5.13 Å². The summed E-state index contributed by atoms with van der Waals surface area (Å²) >= 11 is 7.41. The summed E-state index contributed by atoms with van der Waals surface area (Å²) in [5, 5.41) is 11.3. The number of hydrogen-bond donors (Lipinski definition) is 3. The lowest BCUT2D eigenvalue weighted by atomic mass is 9.86. The minimum absolute atomic E-state index is 0.0575. The zero-order valence-electron chi connectivity index (χ0n) is 13.9. The molecule has 1 fully saturated rings. The van der Waals surface area contributed by atoms with Gasteiger partial charge in [0.25, 0.3) is 0 Å². The van der Waals surface area contributed by atoms with Crippen LogP contribution in [0.1, 0.15) is 25.7 Å². The highest BCUT2D eigenvalue weighted by molar-refractivity contribution is 7.22. The Hall–Kier alpha value is -1.91. The first-order valence-electron chi connectivity index (χ1n) is 7.99. The molecule has 0 radical (unpaired) electrons. The van der Waals surface area contributed by atoms with Crippen LogP contribution >= 0.6 is 22.9 Å². The van der Waals surface area contributed by atoms with E-state index in [0.717, 1.165) is 35.9 Å². The predicted molar refractivity (Wildman–Crippen MR) is 96.9 cm³/mol. The normalized spacial score (nSPS) is 19.9. The standard InChI is InChI=1S/C14H16ClN3OS.C2HF3O2/c15-9-3-6-12-11(7-9)17-14(20-12)18-13(19)8-1-4-10(16)5-2-8;3-2(4,5)1(6)7/h3,6-8,10H,1-2,4-5,16H2,(H,17,18,19);(H,6,7). The zero-order chi connectivity index (χ0) is 20.2. The van der Waals surface area contributed by atoms with E-state index in [4.69, 9.17) is 27.2 Å². The van der Waals surface area contributed by atoms with Crippen molar-refractivity contribution < 1.29 is 27.9 Å². The number of aromatic nitrogens is 1.